The number of amides is 1. The largest absolute Gasteiger partial charge is 0.303 e. The van der Waals surface area contributed by atoms with Crippen LogP contribution in [0.5, 0.6) is 0 Å². The molecule has 0 fully saturated rings. The first-order valence-electron chi connectivity index (χ1n) is 2.78. The van der Waals surface area contributed by atoms with E-state index in [2.05, 4.69) is 17.5 Å². The van der Waals surface area contributed by atoms with Crippen LogP contribution in [0.15, 0.2) is 0 Å². The van der Waals surface area contributed by atoms with Crippen LogP contribution >= 0.6 is 24.4 Å². The second-order valence-electron chi connectivity index (χ2n) is 1.74. The SMILES string of the molecule is O=C(Cl)CCCC(=O)NS. The topological polar surface area (TPSA) is 46.2 Å². The number of hydrogen-bond donors (Lipinski definition) is 2. The zero-order valence-corrected chi connectivity index (χ0v) is 6.91. The zero-order valence-electron chi connectivity index (χ0n) is 5.26. The molecule has 0 aliphatic rings. The minimum Gasteiger partial charge on any atom is -0.303 e. The summed E-state index contributed by atoms with van der Waals surface area (Å²) in [6.07, 6.45) is 1.01. The molecule has 0 aliphatic heterocycles. The van der Waals surface area contributed by atoms with Gasteiger partial charge in [0.15, 0.2) is 0 Å². The summed E-state index contributed by atoms with van der Waals surface area (Å²) in [6.45, 7) is 0. The smallest absolute Gasteiger partial charge is 0.229 e. The quantitative estimate of drug-likeness (QED) is 0.500. The van der Waals surface area contributed by atoms with Crippen molar-refractivity contribution in [2.24, 2.45) is 0 Å². The van der Waals surface area contributed by atoms with Crippen LogP contribution in [0.25, 0.3) is 0 Å². The van der Waals surface area contributed by atoms with Crippen molar-refractivity contribution in [1.82, 2.24) is 4.72 Å². The molecular formula is C5H8ClNO2S. The lowest BCUT2D eigenvalue weighted by molar-refractivity contribution is -0.119. The van der Waals surface area contributed by atoms with Gasteiger partial charge in [0, 0.05) is 12.8 Å². The van der Waals surface area contributed by atoms with Crippen molar-refractivity contribution in [3.63, 3.8) is 0 Å². The highest BCUT2D eigenvalue weighted by Gasteiger charge is 2.00. The van der Waals surface area contributed by atoms with Crippen LogP contribution in [0.2, 0.25) is 0 Å². The standard InChI is InChI=1S/C5H8ClNO2S/c6-4(8)2-1-3-5(9)7-10/h10H,1-3H2,(H,7,9). The van der Waals surface area contributed by atoms with E-state index < -0.39 is 5.24 Å². The highest BCUT2D eigenvalue weighted by Crippen LogP contribution is 1.98. The Morgan fingerprint density at radius 1 is 1.40 bits per heavy atom. The molecule has 0 bridgehead atoms. The number of hydrogen-bond acceptors (Lipinski definition) is 3. The fourth-order valence-electron chi connectivity index (χ4n) is 0.444. The molecule has 0 aromatic carbocycles. The Morgan fingerprint density at radius 3 is 2.40 bits per heavy atom. The first-order chi connectivity index (χ1) is 4.66. The highest BCUT2D eigenvalue weighted by molar-refractivity contribution is 7.78. The summed E-state index contributed by atoms with van der Waals surface area (Å²) in [5.41, 5.74) is 0. The van der Waals surface area contributed by atoms with E-state index in [1.54, 1.807) is 0 Å². The van der Waals surface area contributed by atoms with Crippen molar-refractivity contribution in [2.75, 3.05) is 0 Å². The Labute approximate surface area is 69.7 Å². The lowest BCUT2D eigenvalue weighted by atomic mass is 10.2. The van der Waals surface area contributed by atoms with Crippen LogP contribution in [-0.4, -0.2) is 11.1 Å². The van der Waals surface area contributed by atoms with Crippen molar-refractivity contribution in [3.05, 3.63) is 0 Å². The number of nitrogens with one attached hydrogen (secondary N) is 1. The molecule has 0 spiro atoms. The van der Waals surface area contributed by atoms with E-state index in [1.165, 1.54) is 0 Å². The van der Waals surface area contributed by atoms with E-state index >= 15 is 0 Å². The van der Waals surface area contributed by atoms with E-state index in [9.17, 15) is 9.59 Å². The van der Waals surface area contributed by atoms with Crippen molar-refractivity contribution in [2.45, 2.75) is 19.3 Å². The number of carbonyl (C=O) groups excluding carboxylic acids is 2. The molecule has 0 aromatic rings. The predicted molar refractivity (Wildman–Crippen MR) is 41.8 cm³/mol. The third-order valence-corrected chi connectivity index (χ3v) is 1.34. The summed E-state index contributed by atoms with van der Waals surface area (Å²) in [5, 5.41) is -0.410. The summed E-state index contributed by atoms with van der Waals surface area (Å²) < 4.78 is 2.14. The van der Waals surface area contributed by atoms with Crippen molar-refractivity contribution < 1.29 is 9.59 Å². The van der Waals surface area contributed by atoms with E-state index in [0.29, 0.717) is 12.8 Å². The average Bonchev–Trinajstić information content (AvgIpc) is 1.87. The molecule has 0 radical (unpaired) electrons. The molecule has 0 unspecified atom stereocenters. The van der Waals surface area contributed by atoms with Crippen LogP contribution in [0.4, 0.5) is 0 Å². The molecule has 0 rings (SSSR count). The van der Waals surface area contributed by atoms with Gasteiger partial charge in [-0.25, -0.2) is 0 Å². The fourth-order valence-corrected chi connectivity index (χ4v) is 0.689. The number of carbonyl (C=O) groups is 2. The van der Waals surface area contributed by atoms with E-state index in [-0.39, 0.29) is 12.3 Å². The first kappa shape index (κ1) is 9.78. The highest BCUT2D eigenvalue weighted by atomic mass is 35.5. The van der Waals surface area contributed by atoms with Crippen molar-refractivity contribution in [1.29, 1.82) is 0 Å². The summed E-state index contributed by atoms with van der Waals surface area (Å²) in [4.78, 5) is 20.6. The molecular weight excluding hydrogens is 174 g/mol. The summed E-state index contributed by atoms with van der Waals surface area (Å²) in [5.74, 6) is -0.193. The van der Waals surface area contributed by atoms with Gasteiger partial charge in [-0.2, -0.15) is 0 Å². The van der Waals surface area contributed by atoms with Gasteiger partial charge in [-0.3, -0.25) is 9.59 Å². The fraction of sp³-hybridized carbons (Fsp3) is 0.600. The van der Waals surface area contributed by atoms with E-state index in [0.717, 1.165) is 0 Å². The minimum atomic E-state index is -0.410. The maximum absolute atomic E-state index is 10.5. The van der Waals surface area contributed by atoms with Gasteiger partial charge < -0.3 is 4.72 Å². The molecule has 0 saturated carbocycles. The van der Waals surface area contributed by atoms with Crippen molar-refractivity contribution >= 4 is 35.6 Å². The molecule has 0 aromatic heterocycles. The Kier molecular flexibility index (Phi) is 5.43. The van der Waals surface area contributed by atoms with Crippen LogP contribution in [0.3, 0.4) is 0 Å². The molecule has 0 saturated heterocycles. The maximum Gasteiger partial charge on any atom is 0.229 e. The predicted octanol–water partition coefficient (Wildman–Crippen LogP) is 0.883. The van der Waals surface area contributed by atoms with Gasteiger partial charge in [-0.15, -0.1) is 0 Å². The monoisotopic (exact) mass is 181 g/mol. The van der Waals surface area contributed by atoms with Gasteiger partial charge in [0.25, 0.3) is 0 Å². The molecule has 58 valence electrons. The summed E-state index contributed by atoms with van der Waals surface area (Å²) in [7, 11) is 0. The molecule has 1 N–H and O–H groups in total. The summed E-state index contributed by atoms with van der Waals surface area (Å²) in [6, 6.07) is 0. The molecule has 10 heavy (non-hydrogen) atoms. The number of thiol groups is 1. The van der Waals surface area contributed by atoms with Gasteiger partial charge in [0.1, 0.15) is 0 Å². The minimum absolute atomic E-state index is 0.193. The first-order valence-corrected chi connectivity index (χ1v) is 3.60. The van der Waals surface area contributed by atoms with Gasteiger partial charge >= 0.3 is 0 Å². The van der Waals surface area contributed by atoms with E-state index in [4.69, 9.17) is 11.6 Å². The van der Waals surface area contributed by atoms with Gasteiger partial charge in [0.05, 0.1) is 0 Å². The van der Waals surface area contributed by atoms with E-state index in [1.807, 2.05) is 0 Å². The average molecular weight is 182 g/mol. The molecule has 3 nitrogen and oxygen atoms in total. The molecule has 0 heterocycles. The van der Waals surface area contributed by atoms with Crippen LogP contribution in [0.1, 0.15) is 19.3 Å². The molecule has 0 aliphatic carbocycles. The second kappa shape index (κ2) is 5.56. The summed E-state index contributed by atoms with van der Waals surface area (Å²) >= 11 is 8.54. The number of rotatable bonds is 4. The second-order valence-corrected chi connectivity index (χ2v) is 2.39. The maximum atomic E-state index is 10.5. The third kappa shape index (κ3) is 5.91. The van der Waals surface area contributed by atoms with Crippen LogP contribution in [-0.2, 0) is 9.59 Å². The molecule has 1 amide bonds. The van der Waals surface area contributed by atoms with Gasteiger partial charge in [-0.05, 0) is 18.0 Å². The number of halogens is 1. The van der Waals surface area contributed by atoms with Crippen LogP contribution in [0, 0.1) is 0 Å². The van der Waals surface area contributed by atoms with Gasteiger partial charge in [0.2, 0.25) is 11.1 Å². The zero-order chi connectivity index (χ0) is 7.98. The Bertz CT molecular complexity index is 140. The lowest BCUT2D eigenvalue weighted by Crippen LogP contribution is -2.11. The third-order valence-electron chi connectivity index (χ3n) is 0.902. The lowest BCUT2D eigenvalue weighted by Gasteiger charge is -1.94. The normalized spacial score (nSPS) is 9.00. The Morgan fingerprint density at radius 2 is 2.00 bits per heavy atom. The Balaban J connectivity index is 3.20. The van der Waals surface area contributed by atoms with Crippen molar-refractivity contribution in [3.8, 4) is 0 Å². The van der Waals surface area contributed by atoms with Crippen LogP contribution < -0.4 is 4.72 Å². The van der Waals surface area contributed by atoms with Gasteiger partial charge in [-0.1, -0.05) is 12.8 Å². The Hall–Kier alpha value is -0.220. The molecule has 0 atom stereocenters. The molecule has 5 heteroatoms.